The lowest BCUT2D eigenvalue weighted by Gasteiger charge is -2.43. The molecule has 2 heterocycles. The molecule has 4 nitrogen and oxygen atoms in total. The van der Waals surface area contributed by atoms with Crippen LogP contribution in [0.4, 0.5) is 0 Å². The molecular formula is C24H35NO3. The normalized spacial score (nSPS) is 40.8. The summed E-state index contributed by atoms with van der Waals surface area (Å²) in [5.74, 6) is 0.868. The molecule has 0 radical (unpaired) electrons. The molecule has 4 heteroatoms. The van der Waals surface area contributed by atoms with E-state index in [1.165, 1.54) is 12.8 Å². The Morgan fingerprint density at radius 2 is 1.96 bits per heavy atom. The molecule has 0 N–H and O–H groups in total. The molecule has 4 rings (SSSR count). The van der Waals surface area contributed by atoms with Crippen molar-refractivity contribution in [2.45, 2.75) is 66.4 Å². The summed E-state index contributed by atoms with van der Waals surface area (Å²) in [5, 5.41) is 0. The van der Waals surface area contributed by atoms with Crippen molar-refractivity contribution in [1.29, 1.82) is 0 Å². The van der Waals surface area contributed by atoms with Crippen molar-refractivity contribution >= 4 is 11.8 Å². The number of esters is 1. The molecule has 0 amide bonds. The molecule has 0 bridgehead atoms. The monoisotopic (exact) mass is 385 g/mol. The van der Waals surface area contributed by atoms with Crippen molar-refractivity contribution in [3.8, 4) is 0 Å². The summed E-state index contributed by atoms with van der Waals surface area (Å²) in [6.07, 6.45) is 7.93. The zero-order chi connectivity index (χ0) is 20.3. The lowest BCUT2D eigenvalue weighted by molar-refractivity contribution is -0.144. The van der Waals surface area contributed by atoms with E-state index in [4.69, 9.17) is 4.74 Å². The Balaban J connectivity index is 1.56. The SMILES string of the molecule is CC1=C2[C@H]3OC(=O)[C@H](CN4CC[C@@H](C)CC(C)(C)C4)[C@@H]3CC[C@@]2(C)C=CC1=O. The molecule has 2 aliphatic heterocycles. The highest BCUT2D eigenvalue weighted by atomic mass is 16.6. The number of rotatable bonds is 2. The van der Waals surface area contributed by atoms with Crippen LogP contribution in [-0.2, 0) is 14.3 Å². The number of hydrogen-bond donors (Lipinski definition) is 0. The number of carbonyl (C=O) groups excluding carboxylic acids is 2. The lowest BCUT2D eigenvalue weighted by Crippen LogP contribution is -2.43. The standard InChI is InChI=1S/C24H35NO3/c1-15-8-11-25(14-23(3,4)12-15)13-18-17-6-9-24(5)10-7-19(26)16(2)20(24)21(17)28-22(18)27/h7,10,15,17-18,21H,6,8-9,11-14H2,1-5H3/t15-,17+,18-,21+,24+/m1/s1. The third-order valence-corrected chi connectivity index (χ3v) is 7.67. The van der Waals surface area contributed by atoms with Gasteiger partial charge in [-0.25, -0.2) is 0 Å². The quantitative estimate of drug-likeness (QED) is 0.670. The van der Waals surface area contributed by atoms with Crippen molar-refractivity contribution in [3.05, 3.63) is 23.3 Å². The average molecular weight is 386 g/mol. The smallest absolute Gasteiger partial charge is 0.311 e. The Hall–Kier alpha value is -1.42. The van der Waals surface area contributed by atoms with Crippen LogP contribution < -0.4 is 0 Å². The maximum atomic E-state index is 12.9. The molecule has 28 heavy (non-hydrogen) atoms. The van der Waals surface area contributed by atoms with Crippen LogP contribution in [0.25, 0.3) is 0 Å². The topological polar surface area (TPSA) is 46.6 Å². The highest BCUT2D eigenvalue weighted by molar-refractivity contribution is 6.05. The summed E-state index contributed by atoms with van der Waals surface area (Å²) < 4.78 is 5.97. The zero-order valence-corrected chi connectivity index (χ0v) is 18.1. The summed E-state index contributed by atoms with van der Waals surface area (Å²) in [6.45, 7) is 14.0. The Labute approximate surface area is 169 Å². The molecule has 1 saturated carbocycles. The van der Waals surface area contributed by atoms with Crippen molar-refractivity contribution < 1.29 is 14.3 Å². The van der Waals surface area contributed by atoms with Gasteiger partial charge in [-0.15, -0.1) is 0 Å². The van der Waals surface area contributed by atoms with Crippen LogP contribution in [0.5, 0.6) is 0 Å². The molecule has 0 aromatic carbocycles. The van der Waals surface area contributed by atoms with Gasteiger partial charge in [0.15, 0.2) is 5.78 Å². The molecule has 0 spiro atoms. The number of likely N-dealkylation sites (tertiary alicyclic amines) is 1. The van der Waals surface area contributed by atoms with Gasteiger partial charge in [-0.2, -0.15) is 0 Å². The minimum absolute atomic E-state index is 0.0587. The first kappa shape index (κ1) is 19.9. The van der Waals surface area contributed by atoms with Crippen LogP contribution in [-0.4, -0.2) is 42.4 Å². The molecule has 154 valence electrons. The number of ketones is 1. The van der Waals surface area contributed by atoms with Gasteiger partial charge in [-0.05, 0) is 62.1 Å². The summed E-state index contributed by atoms with van der Waals surface area (Å²) in [7, 11) is 0. The second-order valence-corrected chi connectivity index (χ2v) is 10.8. The fraction of sp³-hybridized carbons (Fsp3) is 0.750. The molecule has 0 unspecified atom stereocenters. The van der Waals surface area contributed by atoms with Gasteiger partial charge in [0.1, 0.15) is 6.10 Å². The summed E-state index contributed by atoms with van der Waals surface area (Å²) in [5.41, 5.74) is 1.99. The van der Waals surface area contributed by atoms with E-state index in [1.54, 1.807) is 6.08 Å². The maximum absolute atomic E-state index is 12.9. The van der Waals surface area contributed by atoms with Crippen molar-refractivity contribution in [2.24, 2.45) is 28.6 Å². The van der Waals surface area contributed by atoms with Crippen molar-refractivity contribution in [2.75, 3.05) is 19.6 Å². The zero-order valence-electron chi connectivity index (χ0n) is 18.1. The number of allylic oxidation sites excluding steroid dienone is 3. The molecule has 2 saturated heterocycles. The predicted octanol–water partition coefficient (Wildman–Crippen LogP) is 4.16. The first-order chi connectivity index (χ1) is 13.1. The van der Waals surface area contributed by atoms with Gasteiger partial charge in [-0.3, -0.25) is 9.59 Å². The van der Waals surface area contributed by atoms with Crippen LogP contribution in [0.2, 0.25) is 0 Å². The second-order valence-electron chi connectivity index (χ2n) is 10.8. The molecule has 4 aliphatic rings. The fourth-order valence-corrected chi connectivity index (χ4v) is 6.41. The Morgan fingerprint density at radius 3 is 2.71 bits per heavy atom. The summed E-state index contributed by atoms with van der Waals surface area (Å²) in [4.78, 5) is 27.7. The Kier molecular flexibility index (Phi) is 4.85. The van der Waals surface area contributed by atoms with E-state index < -0.39 is 0 Å². The predicted molar refractivity (Wildman–Crippen MR) is 110 cm³/mol. The van der Waals surface area contributed by atoms with Gasteiger partial charge < -0.3 is 9.64 Å². The Morgan fingerprint density at radius 1 is 1.21 bits per heavy atom. The largest absolute Gasteiger partial charge is 0.457 e. The third-order valence-electron chi connectivity index (χ3n) is 7.67. The Bertz CT molecular complexity index is 749. The first-order valence-electron chi connectivity index (χ1n) is 11.0. The van der Waals surface area contributed by atoms with Gasteiger partial charge >= 0.3 is 5.97 Å². The molecule has 0 aromatic rings. The van der Waals surface area contributed by atoms with Crippen LogP contribution in [0.3, 0.4) is 0 Å². The van der Waals surface area contributed by atoms with Crippen molar-refractivity contribution in [3.63, 3.8) is 0 Å². The van der Waals surface area contributed by atoms with Gasteiger partial charge in [-0.1, -0.05) is 33.8 Å². The lowest BCUT2D eigenvalue weighted by atomic mass is 9.61. The number of fused-ring (bicyclic) bond motifs is 3. The van der Waals surface area contributed by atoms with E-state index in [2.05, 4.69) is 32.6 Å². The van der Waals surface area contributed by atoms with E-state index in [9.17, 15) is 9.59 Å². The van der Waals surface area contributed by atoms with Crippen LogP contribution >= 0.6 is 0 Å². The highest BCUT2D eigenvalue weighted by Gasteiger charge is 2.54. The first-order valence-corrected chi connectivity index (χ1v) is 11.0. The van der Waals surface area contributed by atoms with E-state index in [0.717, 1.165) is 49.5 Å². The van der Waals surface area contributed by atoms with E-state index in [-0.39, 0.29) is 40.5 Å². The minimum atomic E-state index is -0.218. The van der Waals surface area contributed by atoms with Crippen molar-refractivity contribution in [1.82, 2.24) is 4.90 Å². The molecule has 2 aliphatic carbocycles. The second kappa shape index (κ2) is 6.83. The number of nitrogens with zero attached hydrogens (tertiary/aromatic N) is 1. The van der Waals surface area contributed by atoms with Crippen LogP contribution in [0.1, 0.15) is 60.3 Å². The summed E-state index contributed by atoms with van der Waals surface area (Å²) in [6, 6.07) is 0. The molecule has 0 aromatic heterocycles. The summed E-state index contributed by atoms with van der Waals surface area (Å²) >= 11 is 0. The molecule has 3 fully saturated rings. The third kappa shape index (κ3) is 3.38. The van der Waals surface area contributed by atoms with E-state index in [1.807, 2.05) is 13.0 Å². The number of ether oxygens (including phenoxy) is 1. The minimum Gasteiger partial charge on any atom is -0.457 e. The van der Waals surface area contributed by atoms with Gasteiger partial charge in [0, 0.05) is 30.0 Å². The highest BCUT2D eigenvalue weighted by Crippen LogP contribution is 2.53. The van der Waals surface area contributed by atoms with E-state index in [0.29, 0.717) is 0 Å². The average Bonchev–Trinajstić information content (AvgIpc) is 2.82. The van der Waals surface area contributed by atoms with Gasteiger partial charge in [0.05, 0.1) is 5.92 Å². The van der Waals surface area contributed by atoms with Crippen LogP contribution in [0.15, 0.2) is 23.3 Å². The number of carbonyl (C=O) groups is 2. The molecular weight excluding hydrogens is 350 g/mol. The van der Waals surface area contributed by atoms with Crippen LogP contribution in [0, 0.1) is 28.6 Å². The van der Waals surface area contributed by atoms with E-state index >= 15 is 0 Å². The number of hydrogen-bond acceptors (Lipinski definition) is 4. The molecule has 5 atom stereocenters. The fourth-order valence-electron chi connectivity index (χ4n) is 6.41. The van der Waals surface area contributed by atoms with Gasteiger partial charge in [0.2, 0.25) is 0 Å². The van der Waals surface area contributed by atoms with Gasteiger partial charge in [0.25, 0.3) is 0 Å². The maximum Gasteiger partial charge on any atom is 0.311 e.